The van der Waals surface area contributed by atoms with E-state index in [0.717, 1.165) is 28.7 Å². The molecule has 3 nitrogen and oxygen atoms in total. The van der Waals surface area contributed by atoms with E-state index in [-0.39, 0.29) is 0 Å². The van der Waals surface area contributed by atoms with E-state index in [4.69, 9.17) is 23.2 Å². The number of anilines is 2. The van der Waals surface area contributed by atoms with E-state index in [2.05, 4.69) is 15.3 Å². The maximum absolute atomic E-state index is 6.43. The fourth-order valence-electron chi connectivity index (χ4n) is 2.83. The highest BCUT2D eigenvalue weighted by atomic mass is 35.5. The van der Waals surface area contributed by atoms with Crippen molar-refractivity contribution in [3.63, 3.8) is 0 Å². The van der Waals surface area contributed by atoms with E-state index in [1.54, 1.807) is 11.3 Å². The van der Waals surface area contributed by atoms with Crippen LogP contribution in [0, 0.1) is 0 Å². The molecule has 6 heteroatoms. The van der Waals surface area contributed by atoms with Crippen molar-refractivity contribution in [1.82, 2.24) is 9.97 Å². The molecule has 0 spiro atoms. The Bertz CT molecular complexity index is 843. The van der Waals surface area contributed by atoms with Gasteiger partial charge in [0.1, 0.15) is 9.98 Å². The lowest BCUT2D eigenvalue weighted by molar-refractivity contribution is 0.700. The van der Waals surface area contributed by atoms with Crippen LogP contribution >= 0.6 is 34.5 Å². The largest absolute Gasteiger partial charge is 0.324 e. The van der Waals surface area contributed by atoms with Gasteiger partial charge in [-0.25, -0.2) is 9.97 Å². The number of hydrogen-bond donors (Lipinski definition) is 1. The van der Waals surface area contributed by atoms with Crippen molar-refractivity contribution in [1.29, 1.82) is 0 Å². The number of aryl methyl sites for hydroxylation is 2. The van der Waals surface area contributed by atoms with Gasteiger partial charge < -0.3 is 5.32 Å². The molecule has 1 N–H and O–H groups in total. The topological polar surface area (TPSA) is 37.8 Å². The highest BCUT2D eigenvalue weighted by Gasteiger charge is 2.20. The zero-order valence-electron chi connectivity index (χ0n) is 11.7. The molecule has 2 aromatic heterocycles. The van der Waals surface area contributed by atoms with Crippen LogP contribution < -0.4 is 5.32 Å². The Morgan fingerprint density at radius 1 is 1.00 bits per heavy atom. The lowest BCUT2D eigenvalue weighted by atomic mass is 9.97. The van der Waals surface area contributed by atoms with Crippen LogP contribution in [-0.4, -0.2) is 9.97 Å². The van der Waals surface area contributed by atoms with Crippen LogP contribution in [0.2, 0.25) is 10.2 Å². The molecule has 1 aliphatic rings. The minimum Gasteiger partial charge on any atom is -0.324 e. The van der Waals surface area contributed by atoms with Crippen molar-refractivity contribution >= 4 is 56.4 Å². The first-order chi connectivity index (χ1) is 10.7. The maximum Gasteiger partial charge on any atom is 0.230 e. The number of benzene rings is 1. The number of rotatable bonds is 2. The summed E-state index contributed by atoms with van der Waals surface area (Å²) in [5, 5.41) is 5.47. The van der Waals surface area contributed by atoms with Gasteiger partial charge in [-0.15, -0.1) is 11.3 Å². The number of nitrogens with zero attached hydrogens (tertiary/aromatic N) is 2. The summed E-state index contributed by atoms with van der Waals surface area (Å²) in [5.74, 6) is 0.526. The molecule has 1 aromatic carbocycles. The Balaban J connectivity index is 1.75. The first-order valence-electron chi connectivity index (χ1n) is 7.21. The lowest BCUT2D eigenvalue weighted by Gasteiger charge is -2.10. The van der Waals surface area contributed by atoms with Crippen molar-refractivity contribution in [3.05, 3.63) is 44.9 Å². The fourth-order valence-corrected chi connectivity index (χ4v) is 4.56. The first kappa shape index (κ1) is 14.2. The zero-order valence-corrected chi connectivity index (χ0v) is 14.0. The average molecular weight is 350 g/mol. The number of nitrogens with one attached hydrogen (secondary N) is 1. The minimum absolute atomic E-state index is 0.526. The Morgan fingerprint density at radius 3 is 2.59 bits per heavy atom. The van der Waals surface area contributed by atoms with Crippen molar-refractivity contribution in [3.8, 4) is 0 Å². The Morgan fingerprint density at radius 2 is 1.77 bits per heavy atom. The zero-order chi connectivity index (χ0) is 15.1. The smallest absolute Gasteiger partial charge is 0.230 e. The summed E-state index contributed by atoms with van der Waals surface area (Å²) in [5.41, 5.74) is 2.25. The van der Waals surface area contributed by atoms with Crippen LogP contribution in [0.5, 0.6) is 0 Å². The number of hydrogen-bond acceptors (Lipinski definition) is 4. The predicted octanol–water partition coefficient (Wildman–Crippen LogP) is 5.62. The quantitative estimate of drug-likeness (QED) is 0.610. The molecule has 1 aliphatic carbocycles. The molecule has 0 saturated heterocycles. The minimum atomic E-state index is 0.526. The van der Waals surface area contributed by atoms with Crippen molar-refractivity contribution in [2.24, 2.45) is 0 Å². The highest BCUT2D eigenvalue weighted by molar-refractivity contribution is 7.19. The van der Waals surface area contributed by atoms with Crippen molar-refractivity contribution < 1.29 is 0 Å². The van der Waals surface area contributed by atoms with Gasteiger partial charge in [0.25, 0.3) is 0 Å². The van der Waals surface area contributed by atoms with Gasteiger partial charge in [0.2, 0.25) is 5.95 Å². The Kier molecular flexibility index (Phi) is 3.68. The van der Waals surface area contributed by atoms with Gasteiger partial charge in [-0.2, -0.15) is 0 Å². The van der Waals surface area contributed by atoms with Gasteiger partial charge in [0, 0.05) is 15.6 Å². The molecular weight excluding hydrogens is 337 g/mol. The molecule has 0 saturated carbocycles. The number of thiophene rings is 1. The fraction of sp³-hybridized carbons (Fsp3) is 0.250. The van der Waals surface area contributed by atoms with Crippen LogP contribution in [0.15, 0.2) is 24.3 Å². The van der Waals surface area contributed by atoms with E-state index in [0.29, 0.717) is 16.1 Å². The number of aromatic nitrogens is 2. The molecule has 0 amide bonds. The molecule has 0 fully saturated rings. The third kappa shape index (κ3) is 2.56. The maximum atomic E-state index is 6.43. The predicted molar refractivity (Wildman–Crippen MR) is 93.8 cm³/mol. The second-order valence-electron chi connectivity index (χ2n) is 5.36. The van der Waals surface area contributed by atoms with Crippen LogP contribution in [0.3, 0.4) is 0 Å². The molecule has 0 atom stereocenters. The van der Waals surface area contributed by atoms with E-state index < -0.39 is 0 Å². The monoisotopic (exact) mass is 349 g/mol. The van der Waals surface area contributed by atoms with Gasteiger partial charge >= 0.3 is 0 Å². The summed E-state index contributed by atoms with van der Waals surface area (Å²) >= 11 is 14.1. The standard InChI is InChI=1S/C16H13Cl2N3S/c17-9-5-7-10(8-6-9)19-16-20-14(18)13-11-3-1-2-4-12(11)22-15(13)21-16/h5-8H,1-4H2,(H,19,20,21). The molecular formula is C16H13Cl2N3S. The molecule has 2 heterocycles. The van der Waals surface area contributed by atoms with Crippen LogP contribution in [0.1, 0.15) is 23.3 Å². The van der Waals surface area contributed by atoms with Crippen molar-refractivity contribution in [2.45, 2.75) is 25.7 Å². The summed E-state index contributed by atoms with van der Waals surface area (Å²) in [6.45, 7) is 0. The first-order valence-corrected chi connectivity index (χ1v) is 8.78. The van der Waals surface area contributed by atoms with Crippen LogP contribution in [0.4, 0.5) is 11.6 Å². The molecule has 112 valence electrons. The third-order valence-corrected chi connectivity index (χ3v) is 5.58. The molecule has 3 aromatic rings. The molecule has 4 rings (SSSR count). The van der Waals surface area contributed by atoms with E-state index in [9.17, 15) is 0 Å². The van der Waals surface area contributed by atoms with Gasteiger partial charge in [-0.1, -0.05) is 23.2 Å². The van der Waals surface area contributed by atoms with Gasteiger partial charge in [0.15, 0.2) is 0 Å². The number of fused-ring (bicyclic) bond motifs is 3. The van der Waals surface area contributed by atoms with E-state index in [1.165, 1.54) is 23.3 Å². The second kappa shape index (κ2) is 5.69. The Hall–Kier alpha value is -1.36. The lowest BCUT2D eigenvalue weighted by Crippen LogP contribution is -2.00. The summed E-state index contributed by atoms with van der Waals surface area (Å²) in [4.78, 5) is 11.4. The molecule has 22 heavy (non-hydrogen) atoms. The summed E-state index contributed by atoms with van der Waals surface area (Å²) in [7, 11) is 0. The third-order valence-electron chi connectivity index (χ3n) is 3.87. The second-order valence-corrected chi connectivity index (χ2v) is 7.24. The van der Waals surface area contributed by atoms with Crippen molar-refractivity contribution in [2.75, 3.05) is 5.32 Å². The van der Waals surface area contributed by atoms with Gasteiger partial charge in [-0.3, -0.25) is 0 Å². The molecule has 0 radical (unpaired) electrons. The highest BCUT2D eigenvalue weighted by Crippen LogP contribution is 2.39. The van der Waals surface area contributed by atoms with E-state index in [1.807, 2.05) is 24.3 Å². The normalized spacial score (nSPS) is 14.1. The van der Waals surface area contributed by atoms with Gasteiger partial charge in [-0.05, 0) is 55.5 Å². The van der Waals surface area contributed by atoms with E-state index >= 15 is 0 Å². The van der Waals surface area contributed by atoms with Crippen LogP contribution in [-0.2, 0) is 12.8 Å². The SMILES string of the molecule is Clc1ccc(Nc2nc(Cl)c3c4c(sc3n2)CCCC4)cc1. The summed E-state index contributed by atoms with van der Waals surface area (Å²) in [6.07, 6.45) is 4.69. The molecule has 0 unspecified atom stereocenters. The summed E-state index contributed by atoms with van der Waals surface area (Å²) in [6, 6.07) is 7.44. The average Bonchev–Trinajstić information content (AvgIpc) is 2.88. The van der Waals surface area contributed by atoms with Gasteiger partial charge in [0.05, 0.1) is 5.39 Å². The molecule has 0 bridgehead atoms. The summed E-state index contributed by atoms with van der Waals surface area (Å²) < 4.78 is 0. The molecule has 0 aliphatic heterocycles. The van der Waals surface area contributed by atoms with Crippen LogP contribution in [0.25, 0.3) is 10.2 Å². The number of halogens is 2. The Labute approximate surface area is 142 Å².